The molecule has 1 N–H and O–H groups in total. The third kappa shape index (κ3) is 3.12. The van der Waals surface area contributed by atoms with E-state index in [1.807, 2.05) is 17.8 Å². The van der Waals surface area contributed by atoms with Crippen LogP contribution in [0.4, 0.5) is 0 Å². The van der Waals surface area contributed by atoms with Gasteiger partial charge in [0.2, 0.25) is 0 Å². The first kappa shape index (κ1) is 11.2. The molecule has 1 heterocycles. The van der Waals surface area contributed by atoms with Gasteiger partial charge >= 0.3 is 0 Å². The van der Waals surface area contributed by atoms with Gasteiger partial charge in [-0.1, -0.05) is 0 Å². The summed E-state index contributed by atoms with van der Waals surface area (Å²) in [5.41, 5.74) is -0.741. The summed E-state index contributed by atoms with van der Waals surface area (Å²) in [5.74, 6) is 0.895. The number of ether oxygens (including phenoxy) is 1. The molecule has 1 atom stereocenters. The van der Waals surface area contributed by atoms with Gasteiger partial charge in [0.1, 0.15) is 5.82 Å². The molecule has 0 saturated heterocycles. The number of hydrogen-bond donors (Lipinski definition) is 1. The molecule has 0 aromatic carbocycles. The lowest BCUT2D eigenvalue weighted by Gasteiger charge is -2.22. The number of aliphatic hydroxyl groups is 1. The molecule has 4 heteroatoms. The number of hydrogen-bond acceptors (Lipinski definition) is 3. The van der Waals surface area contributed by atoms with E-state index in [2.05, 4.69) is 4.98 Å². The summed E-state index contributed by atoms with van der Waals surface area (Å²) in [6.07, 6.45) is 4.79. The molecule has 0 spiro atoms. The lowest BCUT2D eigenvalue weighted by atomic mass is 9.98. The maximum Gasteiger partial charge on any atom is 0.111 e. The Morgan fingerprint density at radius 2 is 2.36 bits per heavy atom. The summed E-state index contributed by atoms with van der Waals surface area (Å²) in [5, 5.41) is 10.0. The highest BCUT2D eigenvalue weighted by Gasteiger charge is 2.22. The fourth-order valence-electron chi connectivity index (χ4n) is 1.32. The van der Waals surface area contributed by atoms with E-state index < -0.39 is 5.60 Å². The molecule has 0 aliphatic carbocycles. The standard InChI is InChI=1S/C10H18N2O2/c1-10(13,4-7-14-3)8-9-11-5-6-12(9)2/h5-6,13H,4,7-8H2,1-3H3. The van der Waals surface area contributed by atoms with E-state index in [1.54, 1.807) is 20.2 Å². The maximum atomic E-state index is 10.0. The van der Waals surface area contributed by atoms with Gasteiger partial charge in [-0.15, -0.1) is 0 Å². The van der Waals surface area contributed by atoms with Crippen molar-refractivity contribution in [3.8, 4) is 0 Å². The minimum absolute atomic E-state index is 0.555. The molecule has 0 aliphatic rings. The van der Waals surface area contributed by atoms with Crippen LogP contribution in [0.2, 0.25) is 0 Å². The van der Waals surface area contributed by atoms with Crippen molar-refractivity contribution in [1.29, 1.82) is 0 Å². The Morgan fingerprint density at radius 3 is 2.86 bits per heavy atom. The van der Waals surface area contributed by atoms with Gasteiger partial charge < -0.3 is 14.4 Å². The zero-order chi connectivity index (χ0) is 10.6. The molecule has 0 amide bonds. The largest absolute Gasteiger partial charge is 0.390 e. The number of methoxy groups -OCH3 is 1. The molecule has 4 nitrogen and oxygen atoms in total. The third-order valence-corrected chi connectivity index (χ3v) is 2.30. The fourth-order valence-corrected chi connectivity index (χ4v) is 1.32. The van der Waals surface area contributed by atoms with Crippen molar-refractivity contribution in [1.82, 2.24) is 9.55 Å². The van der Waals surface area contributed by atoms with Crippen LogP contribution in [0.15, 0.2) is 12.4 Å². The van der Waals surface area contributed by atoms with E-state index in [0.717, 1.165) is 5.82 Å². The molecular formula is C10H18N2O2. The van der Waals surface area contributed by atoms with Crippen LogP contribution in [-0.4, -0.2) is 34.0 Å². The molecule has 0 aliphatic heterocycles. The van der Waals surface area contributed by atoms with Gasteiger partial charge in [-0.3, -0.25) is 0 Å². The minimum atomic E-state index is -0.741. The summed E-state index contributed by atoms with van der Waals surface area (Å²) in [7, 11) is 3.56. The van der Waals surface area contributed by atoms with E-state index >= 15 is 0 Å². The van der Waals surface area contributed by atoms with Crippen molar-refractivity contribution in [2.45, 2.75) is 25.4 Å². The molecule has 1 aromatic heterocycles. The molecule has 0 fully saturated rings. The molecular weight excluding hydrogens is 180 g/mol. The van der Waals surface area contributed by atoms with E-state index in [9.17, 15) is 5.11 Å². The number of rotatable bonds is 5. The van der Waals surface area contributed by atoms with Gasteiger partial charge in [0.15, 0.2) is 0 Å². The Bertz CT molecular complexity index is 281. The Balaban J connectivity index is 2.54. The topological polar surface area (TPSA) is 47.3 Å². The molecule has 14 heavy (non-hydrogen) atoms. The fraction of sp³-hybridized carbons (Fsp3) is 0.700. The third-order valence-electron chi connectivity index (χ3n) is 2.30. The molecule has 0 bridgehead atoms. The second-order valence-corrected chi connectivity index (χ2v) is 3.87. The Hall–Kier alpha value is -0.870. The summed E-state index contributed by atoms with van der Waals surface area (Å²) in [4.78, 5) is 4.17. The van der Waals surface area contributed by atoms with Crippen molar-refractivity contribution in [2.75, 3.05) is 13.7 Å². The van der Waals surface area contributed by atoms with Crippen LogP contribution >= 0.6 is 0 Å². The number of aryl methyl sites for hydroxylation is 1. The highest BCUT2D eigenvalue weighted by molar-refractivity contribution is 4.96. The van der Waals surface area contributed by atoms with Gasteiger partial charge in [-0.2, -0.15) is 0 Å². The minimum Gasteiger partial charge on any atom is -0.390 e. The zero-order valence-electron chi connectivity index (χ0n) is 9.03. The van der Waals surface area contributed by atoms with Crippen LogP contribution in [0, 0.1) is 0 Å². The first-order valence-corrected chi connectivity index (χ1v) is 4.73. The number of nitrogens with zero attached hydrogens (tertiary/aromatic N) is 2. The normalized spacial score (nSPS) is 15.4. The molecule has 1 aromatic rings. The average Bonchev–Trinajstić information content (AvgIpc) is 2.48. The van der Waals surface area contributed by atoms with Gasteiger partial charge in [-0.25, -0.2) is 4.98 Å². The van der Waals surface area contributed by atoms with Gasteiger partial charge in [0, 0.05) is 39.6 Å². The van der Waals surface area contributed by atoms with Crippen LogP contribution in [0.1, 0.15) is 19.2 Å². The number of aromatic nitrogens is 2. The molecule has 0 saturated carbocycles. The van der Waals surface area contributed by atoms with Crippen LogP contribution in [0.25, 0.3) is 0 Å². The van der Waals surface area contributed by atoms with Crippen LogP contribution in [0.3, 0.4) is 0 Å². The molecule has 0 radical (unpaired) electrons. The van der Waals surface area contributed by atoms with E-state index in [1.165, 1.54) is 0 Å². The lowest BCUT2D eigenvalue weighted by Crippen LogP contribution is -2.30. The van der Waals surface area contributed by atoms with Gasteiger partial charge in [0.05, 0.1) is 5.60 Å². The highest BCUT2D eigenvalue weighted by Crippen LogP contribution is 2.15. The summed E-state index contributed by atoms with van der Waals surface area (Å²) < 4.78 is 6.86. The summed E-state index contributed by atoms with van der Waals surface area (Å²) >= 11 is 0. The van der Waals surface area contributed by atoms with Gasteiger partial charge in [-0.05, 0) is 13.3 Å². The molecule has 1 rings (SSSR count). The number of imidazole rings is 1. The monoisotopic (exact) mass is 198 g/mol. The van der Waals surface area contributed by atoms with Crippen molar-refractivity contribution in [3.05, 3.63) is 18.2 Å². The Labute approximate surface area is 84.5 Å². The highest BCUT2D eigenvalue weighted by atomic mass is 16.5. The summed E-state index contributed by atoms with van der Waals surface area (Å²) in [6, 6.07) is 0. The SMILES string of the molecule is COCCC(C)(O)Cc1nccn1C. The maximum absolute atomic E-state index is 10.0. The first-order chi connectivity index (χ1) is 6.55. The van der Waals surface area contributed by atoms with Crippen LogP contribution in [0.5, 0.6) is 0 Å². The molecule has 80 valence electrons. The predicted octanol–water partition coefficient (Wildman–Crippen LogP) is 0.750. The van der Waals surface area contributed by atoms with E-state index in [4.69, 9.17) is 4.74 Å². The van der Waals surface area contributed by atoms with E-state index in [-0.39, 0.29) is 0 Å². The van der Waals surface area contributed by atoms with Crippen LogP contribution < -0.4 is 0 Å². The quantitative estimate of drug-likeness (QED) is 0.759. The van der Waals surface area contributed by atoms with Crippen molar-refractivity contribution >= 4 is 0 Å². The zero-order valence-corrected chi connectivity index (χ0v) is 9.03. The smallest absolute Gasteiger partial charge is 0.111 e. The Kier molecular flexibility index (Phi) is 3.66. The van der Waals surface area contributed by atoms with Crippen molar-refractivity contribution in [3.63, 3.8) is 0 Å². The first-order valence-electron chi connectivity index (χ1n) is 4.73. The second kappa shape index (κ2) is 4.57. The lowest BCUT2D eigenvalue weighted by molar-refractivity contribution is 0.0228. The second-order valence-electron chi connectivity index (χ2n) is 3.87. The summed E-state index contributed by atoms with van der Waals surface area (Å²) in [6.45, 7) is 2.37. The Morgan fingerprint density at radius 1 is 1.64 bits per heavy atom. The molecule has 1 unspecified atom stereocenters. The van der Waals surface area contributed by atoms with E-state index in [0.29, 0.717) is 19.4 Å². The van der Waals surface area contributed by atoms with Crippen LogP contribution in [-0.2, 0) is 18.2 Å². The van der Waals surface area contributed by atoms with Crippen molar-refractivity contribution < 1.29 is 9.84 Å². The average molecular weight is 198 g/mol. The van der Waals surface area contributed by atoms with Gasteiger partial charge in [0.25, 0.3) is 0 Å². The van der Waals surface area contributed by atoms with Crippen molar-refractivity contribution in [2.24, 2.45) is 7.05 Å². The predicted molar refractivity (Wildman–Crippen MR) is 54.0 cm³/mol.